The van der Waals surface area contributed by atoms with Crippen LogP contribution in [0.5, 0.6) is 0 Å². The number of carbonyl (C=O) groups is 1. The molecule has 0 saturated heterocycles. The van der Waals surface area contributed by atoms with Gasteiger partial charge in [-0.3, -0.25) is 4.79 Å². The third-order valence-corrected chi connectivity index (χ3v) is 3.31. The van der Waals surface area contributed by atoms with Crippen molar-refractivity contribution >= 4 is 17.7 Å². The van der Waals surface area contributed by atoms with Gasteiger partial charge >= 0.3 is 0 Å². The summed E-state index contributed by atoms with van der Waals surface area (Å²) in [6.45, 7) is 3.82. The number of carbonyl (C=O) groups excluding carboxylic acids is 1. The lowest BCUT2D eigenvalue weighted by molar-refractivity contribution is -0.121. The first-order valence-electron chi connectivity index (χ1n) is 5.71. The maximum atomic E-state index is 11.4. The number of aliphatic hydroxyl groups is 1. The highest BCUT2D eigenvalue weighted by atomic mass is 32.2. The van der Waals surface area contributed by atoms with Crippen molar-refractivity contribution < 1.29 is 9.90 Å². The molecule has 0 aromatic heterocycles. The van der Waals surface area contributed by atoms with Gasteiger partial charge in [0.25, 0.3) is 0 Å². The summed E-state index contributed by atoms with van der Waals surface area (Å²) in [5.74, 6) is 0.749. The molecule has 0 aliphatic heterocycles. The summed E-state index contributed by atoms with van der Waals surface area (Å²) in [5, 5.41) is 11.5. The number of benzene rings is 1. The molecule has 1 atom stereocenters. The van der Waals surface area contributed by atoms with E-state index < -0.39 is 0 Å². The maximum absolute atomic E-state index is 11.4. The summed E-state index contributed by atoms with van der Waals surface area (Å²) in [6, 6.07) is 8.10. The van der Waals surface area contributed by atoms with Crippen LogP contribution in [0.25, 0.3) is 0 Å². The van der Waals surface area contributed by atoms with E-state index in [1.165, 1.54) is 10.5 Å². The average molecular weight is 253 g/mol. The quantitative estimate of drug-likeness (QED) is 0.762. The second kappa shape index (κ2) is 7.35. The molecule has 1 aromatic rings. The van der Waals surface area contributed by atoms with E-state index in [1.54, 1.807) is 18.7 Å². The molecule has 3 nitrogen and oxygen atoms in total. The van der Waals surface area contributed by atoms with Crippen molar-refractivity contribution in [2.75, 3.05) is 12.4 Å². The summed E-state index contributed by atoms with van der Waals surface area (Å²) in [7, 11) is 0. The van der Waals surface area contributed by atoms with Gasteiger partial charge in [-0.15, -0.1) is 11.8 Å². The zero-order valence-electron chi connectivity index (χ0n) is 10.3. The zero-order valence-corrected chi connectivity index (χ0v) is 11.1. The lowest BCUT2D eigenvalue weighted by Crippen LogP contribution is -2.35. The van der Waals surface area contributed by atoms with E-state index in [2.05, 4.69) is 36.5 Å². The van der Waals surface area contributed by atoms with E-state index in [0.29, 0.717) is 6.42 Å². The highest BCUT2D eigenvalue weighted by molar-refractivity contribution is 7.99. The molecule has 0 aliphatic rings. The molecule has 17 heavy (non-hydrogen) atoms. The van der Waals surface area contributed by atoms with Crippen LogP contribution in [0.15, 0.2) is 29.2 Å². The van der Waals surface area contributed by atoms with Gasteiger partial charge in [0.15, 0.2) is 0 Å². The highest BCUT2D eigenvalue weighted by Crippen LogP contribution is 2.18. The molecule has 2 N–H and O–H groups in total. The summed E-state index contributed by atoms with van der Waals surface area (Å²) in [5.41, 5.74) is 1.24. The van der Waals surface area contributed by atoms with Crippen LogP contribution in [0.3, 0.4) is 0 Å². The molecule has 0 fully saturated rings. The molecule has 0 bridgehead atoms. The Balaban J connectivity index is 2.23. The number of aryl methyl sites for hydroxylation is 1. The average Bonchev–Trinajstić information content (AvgIpc) is 2.31. The van der Waals surface area contributed by atoms with Gasteiger partial charge in [-0.2, -0.15) is 0 Å². The molecular weight excluding hydrogens is 234 g/mol. The fourth-order valence-corrected chi connectivity index (χ4v) is 2.14. The number of amides is 1. The maximum Gasteiger partial charge on any atom is 0.221 e. The Morgan fingerprint density at radius 3 is 2.65 bits per heavy atom. The van der Waals surface area contributed by atoms with E-state index in [-0.39, 0.29) is 18.6 Å². The number of thioether (sulfide) groups is 1. The Morgan fingerprint density at radius 2 is 2.06 bits per heavy atom. The van der Waals surface area contributed by atoms with Gasteiger partial charge < -0.3 is 10.4 Å². The number of hydrogen-bond acceptors (Lipinski definition) is 3. The summed E-state index contributed by atoms with van der Waals surface area (Å²) < 4.78 is 0. The van der Waals surface area contributed by atoms with Crippen molar-refractivity contribution in [1.29, 1.82) is 0 Å². The first-order valence-corrected chi connectivity index (χ1v) is 6.70. The molecule has 0 spiro atoms. The van der Waals surface area contributed by atoms with E-state index in [0.717, 1.165) is 5.75 Å². The van der Waals surface area contributed by atoms with Crippen LogP contribution in [0.1, 0.15) is 18.9 Å². The lowest BCUT2D eigenvalue weighted by atomic mass is 10.2. The fraction of sp³-hybridized carbons (Fsp3) is 0.462. The largest absolute Gasteiger partial charge is 0.394 e. The van der Waals surface area contributed by atoms with Crippen LogP contribution in [-0.4, -0.2) is 29.4 Å². The van der Waals surface area contributed by atoms with E-state index in [9.17, 15) is 4.79 Å². The van der Waals surface area contributed by atoms with Crippen LogP contribution < -0.4 is 5.32 Å². The second-order valence-corrected chi connectivity index (χ2v) is 5.23. The van der Waals surface area contributed by atoms with E-state index in [1.807, 2.05) is 0 Å². The minimum absolute atomic E-state index is 0.00818. The van der Waals surface area contributed by atoms with Crippen molar-refractivity contribution in [3.8, 4) is 0 Å². The SMILES string of the molecule is Cc1ccc(SCCC(=O)NC(C)CO)cc1. The van der Waals surface area contributed by atoms with Gasteiger partial charge in [0.05, 0.1) is 6.61 Å². The first-order chi connectivity index (χ1) is 8.11. The van der Waals surface area contributed by atoms with E-state index >= 15 is 0 Å². The Morgan fingerprint density at radius 1 is 1.41 bits per heavy atom. The number of hydrogen-bond donors (Lipinski definition) is 2. The van der Waals surface area contributed by atoms with Crippen molar-refractivity contribution in [1.82, 2.24) is 5.32 Å². The van der Waals surface area contributed by atoms with Crippen molar-refractivity contribution in [2.24, 2.45) is 0 Å². The monoisotopic (exact) mass is 253 g/mol. The smallest absolute Gasteiger partial charge is 0.221 e. The Labute approximate surface area is 107 Å². The molecule has 0 heterocycles. The van der Waals surface area contributed by atoms with Crippen LogP contribution >= 0.6 is 11.8 Å². The standard InChI is InChI=1S/C13H19NO2S/c1-10-3-5-12(6-4-10)17-8-7-13(16)14-11(2)9-15/h3-6,11,15H,7-9H2,1-2H3,(H,14,16). The van der Waals surface area contributed by atoms with Crippen molar-refractivity contribution in [3.05, 3.63) is 29.8 Å². The van der Waals surface area contributed by atoms with E-state index in [4.69, 9.17) is 5.11 Å². The van der Waals surface area contributed by atoms with Crippen molar-refractivity contribution in [2.45, 2.75) is 31.2 Å². The molecule has 0 aliphatic carbocycles. The number of aliphatic hydroxyl groups excluding tert-OH is 1. The molecule has 1 rings (SSSR count). The van der Waals surface area contributed by atoms with Gasteiger partial charge in [-0.25, -0.2) is 0 Å². The molecule has 0 saturated carbocycles. The molecule has 0 radical (unpaired) electrons. The Kier molecular flexibility index (Phi) is 6.08. The van der Waals surface area contributed by atoms with Crippen LogP contribution in [-0.2, 0) is 4.79 Å². The Hall–Kier alpha value is -1.00. The fourth-order valence-electron chi connectivity index (χ4n) is 1.29. The molecule has 4 heteroatoms. The predicted molar refractivity (Wildman–Crippen MR) is 71.2 cm³/mol. The summed E-state index contributed by atoms with van der Waals surface area (Å²) in [4.78, 5) is 12.6. The summed E-state index contributed by atoms with van der Waals surface area (Å²) >= 11 is 1.67. The first kappa shape index (κ1) is 14.1. The van der Waals surface area contributed by atoms with Gasteiger partial charge in [-0.1, -0.05) is 17.7 Å². The van der Waals surface area contributed by atoms with Gasteiger partial charge in [0.2, 0.25) is 5.91 Å². The summed E-state index contributed by atoms with van der Waals surface area (Å²) in [6.07, 6.45) is 0.475. The van der Waals surface area contributed by atoms with Gasteiger partial charge in [-0.05, 0) is 26.0 Å². The molecular formula is C13H19NO2S. The third kappa shape index (κ3) is 5.75. The second-order valence-electron chi connectivity index (χ2n) is 4.06. The molecule has 1 aromatic carbocycles. The lowest BCUT2D eigenvalue weighted by Gasteiger charge is -2.10. The van der Waals surface area contributed by atoms with Crippen LogP contribution in [0.2, 0.25) is 0 Å². The number of rotatable bonds is 6. The number of nitrogens with one attached hydrogen (secondary N) is 1. The van der Waals surface area contributed by atoms with Crippen molar-refractivity contribution in [3.63, 3.8) is 0 Å². The normalized spacial score (nSPS) is 12.2. The minimum atomic E-state index is -0.160. The molecule has 1 unspecified atom stereocenters. The van der Waals surface area contributed by atoms with Gasteiger partial charge in [0.1, 0.15) is 0 Å². The zero-order chi connectivity index (χ0) is 12.7. The van der Waals surface area contributed by atoms with Crippen LogP contribution in [0, 0.1) is 6.92 Å². The predicted octanol–water partition coefficient (Wildman–Crippen LogP) is 1.97. The van der Waals surface area contributed by atoms with Crippen LogP contribution in [0.4, 0.5) is 0 Å². The molecule has 94 valence electrons. The van der Waals surface area contributed by atoms with Gasteiger partial charge in [0, 0.05) is 23.1 Å². The highest BCUT2D eigenvalue weighted by Gasteiger charge is 2.05. The third-order valence-electron chi connectivity index (χ3n) is 2.30. The minimum Gasteiger partial charge on any atom is -0.394 e. The Bertz CT molecular complexity index is 351. The molecule has 1 amide bonds. The topological polar surface area (TPSA) is 49.3 Å².